The zero-order chi connectivity index (χ0) is 22.4. The number of carbonyl (C=O) groups excluding carboxylic acids is 3. The molecule has 6 heteroatoms. The summed E-state index contributed by atoms with van der Waals surface area (Å²) < 4.78 is 0. The Hall–Kier alpha value is -3.93. The molecular formula is C25H25N3O3. The minimum atomic E-state index is -0.273. The van der Waals surface area contributed by atoms with Crippen LogP contribution in [0.3, 0.4) is 0 Å². The van der Waals surface area contributed by atoms with E-state index in [1.165, 1.54) is 6.92 Å². The molecule has 1 atom stereocenters. The Morgan fingerprint density at radius 3 is 2.23 bits per heavy atom. The Bertz CT molecular complexity index is 1110. The average molecular weight is 415 g/mol. The molecule has 3 amide bonds. The predicted molar refractivity (Wildman–Crippen MR) is 122 cm³/mol. The van der Waals surface area contributed by atoms with Crippen molar-refractivity contribution in [3.05, 3.63) is 95.1 Å². The highest BCUT2D eigenvalue weighted by Gasteiger charge is 2.15. The van der Waals surface area contributed by atoms with Gasteiger partial charge in [-0.15, -0.1) is 0 Å². The summed E-state index contributed by atoms with van der Waals surface area (Å²) in [5.41, 5.74) is 3.97. The zero-order valence-electron chi connectivity index (χ0n) is 17.7. The van der Waals surface area contributed by atoms with Gasteiger partial charge >= 0.3 is 0 Å². The Labute approximate surface area is 181 Å². The Morgan fingerprint density at radius 1 is 0.774 bits per heavy atom. The zero-order valence-corrected chi connectivity index (χ0v) is 17.7. The summed E-state index contributed by atoms with van der Waals surface area (Å²) in [5, 5.41) is 8.57. The van der Waals surface area contributed by atoms with E-state index in [4.69, 9.17) is 0 Å². The summed E-state index contributed by atoms with van der Waals surface area (Å²) in [5.74, 6) is -0.643. The molecular weight excluding hydrogens is 390 g/mol. The molecule has 0 radical (unpaired) electrons. The molecule has 0 aliphatic heterocycles. The van der Waals surface area contributed by atoms with Crippen molar-refractivity contribution in [2.45, 2.75) is 26.8 Å². The van der Waals surface area contributed by atoms with Gasteiger partial charge in [-0.05, 0) is 61.4 Å². The van der Waals surface area contributed by atoms with Crippen molar-refractivity contribution in [2.24, 2.45) is 0 Å². The topological polar surface area (TPSA) is 87.3 Å². The highest BCUT2D eigenvalue weighted by Crippen LogP contribution is 2.21. The minimum Gasteiger partial charge on any atom is -0.346 e. The van der Waals surface area contributed by atoms with Crippen LogP contribution in [0, 0.1) is 6.92 Å². The lowest BCUT2D eigenvalue weighted by molar-refractivity contribution is -0.114. The molecule has 3 aromatic rings. The molecule has 0 bridgehead atoms. The van der Waals surface area contributed by atoms with Gasteiger partial charge in [0.05, 0.1) is 6.04 Å². The second kappa shape index (κ2) is 9.71. The molecule has 3 aromatic carbocycles. The predicted octanol–water partition coefficient (Wildman–Crippen LogP) is 4.70. The van der Waals surface area contributed by atoms with Crippen LogP contribution in [0.15, 0.2) is 72.8 Å². The first-order valence-electron chi connectivity index (χ1n) is 9.99. The summed E-state index contributed by atoms with van der Waals surface area (Å²) >= 11 is 0. The number of hydrogen-bond donors (Lipinski definition) is 3. The SMILES string of the molecule is CC(=O)Nc1cccc(C(C)NC(=O)c2ccc(C)c(NC(=O)c3ccccc3)c2)c1. The van der Waals surface area contributed by atoms with Crippen LogP contribution in [-0.4, -0.2) is 17.7 Å². The summed E-state index contributed by atoms with van der Waals surface area (Å²) in [6, 6.07) is 21.2. The van der Waals surface area contributed by atoms with Crippen LogP contribution < -0.4 is 16.0 Å². The number of anilines is 2. The lowest BCUT2D eigenvalue weighted by Gasteiger charge is -2.16. The summed E-state index contributed by atoms with van der Waals surface area (Å²) in [6.07, 6.45) is 0. The number of aryl methyl sites for hydroxylation is 1. The Balaban J connectivity index is 1.72. The summed E-state index contributed by atoms with van der Waals surface area (Å²) in [4.78, 5) is 36.6. The normalized spacial score (nSPS) is 11.3. The molecule has 0 heterocycles. The molecule has 6 nitrogen and oxygen atoms in total. The van der Waals surface area contributed by atoms with Crippen LogP contribution in [0.1, 0.15) is 51.7 Å². The lowest BCUT2D eigenvalue weighted by atomic mass is 10.1. The maximum atomic E-state index is 12.8. The smallest absolute Gasteiger partial charge is 0.255 e. The first-order valence-corrected chi connectivity index (χ1v) is 9.99. The second-order valence-corrected chi connectivity index (χ2v) is 7.35. The number of nitrogens with one attached hydrogen (secondary N) is 3. The third kappa shape index (κ3) is 5.79. The minimum absolute atomic E-state index is 0.154. The van der Waals surface area contributed by atoms with E-state index < -0.39 is 0 Å². The molecule has 3 rings (SSSR count). The van der Waals surface area contributed by atoms with Gasteiger partial charge in [0, 0.05) is 29.4 Å². The van der Waals surface area contributed by atoms with E-state index in [0.717, 1.165) is 11.1 Å². The van der Waals surface area contributed by atoms with E-state index in [9.17, 15) is 14.4 Å². The van der Waals surface area contributed by atoms with Gasteiger partial charge in [0.25, 0.3) is 11.8 Å². The number of benzene rings is 3. The fourth-order valence-electron chi connectivity index (χ4n) is 3.13. The number of hydrogen-bond acceptors (Lipinski definition) is 3. The molecule has 0 aliphatic carbocycles. The van der Waals surface area contributed by atoms with Crippen molar-refractivity contribution in [2.75, 3.05) is 10.6 Å². The van der Waals surface area contributed by atoms with Gasteiger partial charge in [0.2, 0.25) is 5.91 Å². The second-order valence-electron chi connectivity index (χ2n) is 7.35. The molecule has 0 saturated heterocycles. The van der Waals surface area contributed by atoms with Crippen LogP contribution in [-0.2, 0) is 4.79 Å². The Morgan fingerprint density at radius 2 is 1.52 bits per heavy atom. The first kappa shape index (κ1) is 21.8. The van der Waals surface area contributed by atoms with Crippen molar-refractivity contribution >= 4 is 29.1 Å². The van der Waals surface area contributed by atoms with Crippen molar-refractivity contribution in [1.82, 2.24) is 5.32 Å². The first-order chi connectivity index (χ1) is 14.8. The van der Waals surface area contributed by atoms with Crippen molar-refractivity contribution in [3.63, 3.8) is 0 Å². The highest BCUT2D eigenvalue weighted by atomic mass is 16.2. The molecule has 1 unspecified atom stereocenters. The molecule has 0 aromatic heterocycles. The van der Waals surface area contributed by atoms with Gasteiger partial charge in [0.1, 0.15) is 0 Å². The molecule has 158 valence electrons. The van der Waals surface area contributed by atoms with E-state index in [1.54, 1.807) is 48.5 Å². The van der Waals surface area contributed by atoms with Gasteiger partial charge in [-0.2, -0.15) is 0 Å². The van der Waals surface area contributed by atoms with Crippen molar-refractivity contribution in [3.8, 4) is 0 Å². The number of rotatable bonds is 6. The standard InChI is InChI=1S/C25H25N3O3/c1-16-12-13-21(15-23(16)28-24(30)19-8-5-4-6-9-19)25(31)26-17(2)20-10-7-11-22(14-20)27-18(3)29/h4-15,17H,1-3H3,(H,26,31)(H,27,29)(H,28,30). The van der Waals surface area contributed by atoms with Crippen LogP contribution >= 0.6 is 0 Å². The quantitative estimate of drug-likeness (QED) is 0.545. The van der Waals surface area contributed by atoms with Gasteiger partial charge < -0.3 is 16.0 Å². The van der Waals surface area contributed by atoms with Crippen molar-refractivity contribution in [1.29, 1.82) is 0 Å². The number of carbonyl (C=O) groups is 3. The molecule has 3 N–H and O–H groups in total. The van der Waals surface area contributed by atoms with Crippen LogP contribution in [0.5, 0.6) is 0 Å². The van der Waals surface area contributed by atoms with E-state index in [2.05, 4.69) is 16.0 Å². The van der Waals surface area contributed by atoms with Gasteiger partial charge in [-0.3, -0.25) is 14.4 Å². The average Bonchev–Trinajstić information content (AvgIpc) is 2.75. The Kier molecular flexibility index (Phi) is 6.82. The van der Waals surface area contributed by atoms with Crippen LogP contribution in [0.4, 0.5) is 11.4 Å². The van der Waals surface area contributed by atoms with E-state index in [1.807, 2.05) is 38.1 Å². The summed E-state index contributed by atoms with van der Waals surface area (Å²) in [6.45, 7) is 5.19. The lowest BCUT2D eigenvalue weighted by Crippen LogP contribution is -2.27. The molecule has 0 fully saturated rings. The maximum Gasteiger partial charge on any atom is 0.255 e. The van der Waals surface area contributed by atoms with Gasteiger partial charge in [-0.25, -0.2) is 0 Å². The van der Waals surface area contributed by atoms with E-state index >= 15 is 0 Å². The van der Waals surface area contributed by atoms with Crippen LogP contribution in [0.2, 0.25) is 0 Å². The summed E-state index contributed by atoms with van der Waals surface area (Å²) in [7, 11) is 0. The van der Waals surface area contributed by atoms with E-state index in [0.29, 0.717) is 22.5 Å². The monoisotopic (exact) mass is 415 g/mol. The van der Waals surface area contributed by atoms with Gasteiger partial charge in [0.15, 0.2) is 0 Å². The highest BCUT2D eigenvalue weighted by molar-refractivity contribution is 6.05. The fourth-order valence-corrected chi connectivity index (χ4v) is 3.13. The molecule has 0 spiro atoms. The van der Waals surface area contributed by atoms with Gasteiger partial charge in [-0.1, -0.05) is 36.4 Å². The van der Waals surface area contributed by atoms with Crippen LogP contribution in [0.25, 0.3) is 0 Å². The van der Waals surface area contributed by atoms with Crippen molar-refractivity contribution < 1.29 is 14.4 Å². The maximum absolute atomic E-state index is 12.8. The third-order valence-electron chi connectivity index (χ3n) is 4.84. The molecule has 0 aliphatic rings. The third-order valence-corrected chi connectivity index (χ3v) is 4.84. The molecule has 0 saturated carbocycles. The largest absolute Gasteiger partial charge is 0.346 e. The number of amides is 3. The van der Waals surface area contributed by atoms with E-state index in [-0.39, 0.29) is 23.8 Å². The fraction of sp³-hybridized carbons (Fsp3) is 0.160. The molecule has 31 heavy (non-hydrogen) atoms.